The highest BCUT2D eigenvalue weighted by Crippen LogP contribution is 2.23. The van der Waals surface area contributed by atoms with Crippen molar-refractivity contribution in [3.05, 3.63) is 69.4 Å². The van der Waals surface area contributed by atoms with Crippen LogP contribution in [0.1, 0.15) is 52.1 Å². The Kier molecular flexibility index (Phi) is 6.85. The molecule has 10 nitrogen and oxygen atoms in total. The van der Waals surface area contributed by atoms with Crippen molar-refractivity contribution in [2.75, 3.05) is 25.3 Å². The van der Waals surface area contributed by atoms with E-state index >= 15 is 0 Å². The number of pyridine rings is 1. The van der Waals surface area contributed by atoms with Crippen molar-refractivity contribution >= 4 is 17.7 Å². The molecule has 0 aliphatic carbocycles. The molecule has 0 fully saturated rings. The smallest absolute Gasteiger partial charge is 0.277 e. The van der Waals surface area contributed by atoms with Gasteiger partial charge in [-0.1, -0.05) is 18.2 Å². The van der Waals surface area contributed by atoms with Crippen LogP contribution in [0.4, 0.5) is 4.39 Å². The number of carbonyl (C=O) groups excluding carboxylic acids is 3. The van der Waals surface area contributed by atoms with Gasteiger partial charge >= 0.3 is 0 Å². The van der Waals surface area contributed by atoms with Gasteiger partial charge in [-0.3, -0.25) is 19.2 Å². The predicted octanol–water partition coefficient (Wildman–Crippen LogP) is 1.64. The first-order chi connectivity index (χ1) is 16.8. The van der Waals surface area contributed by atoms with Crippen LogP contribution in [0.15, 0.2) is 41.3 Å². The van der Waals surface area contributed by atoms with Crippen LogP contribution in [0.5, 0.6) is 11.5 Å². The summed E-state index contributed by atoms with van der Waals surface area (Å²) in [5.74, 6) is -2.99. The van der Waals surface area contributed by atoms with E-state index < -0.39 is 40.1 Å². The summed E-state index contributed by atoms with van der Waals surface area (Å²) in [7, 11) is 1.44. The van der Waals surface area contributed by atoms with E-state index in [2.05, 4.69) is 5.32 Å². The standard InChI is InChI=1S/C24H25FN4O6/c1-27-14-29-19(30)7-5-3-2-4-6-10-35-18-11-16(25)9-8-15(18)12-26-23(33)17-13-28(29)20(24(27)34)22(32)21(17)31/h2,4,8-9,11,13,32H,3,5-7,10,12,14H2,1H3,(H,26,33)/b4-2+. The van der Waals surface area contributed by atoms with Gasteiger partial charge in [-0.2, -0.15) is 0 Å². The van der Waals surface area contributed by atoms with Gasteiger partial charge in [0.2, 0.25) is 11.3 Å². The van der Waals surface area contributed by atoms with E-state index in [0.29, 0.717) is 24.8 Å². The Morgan fingerprint density at radius 1 is 1.11 bits per heavy atom. The largest absolute Gasteiger partial charge is 0.502 e. The molecule has 0 radical (unpaired) electrons. The molecule has 2 N–H and O–H groups in total. The molecule has 2 aromatic rings. The summed E-state index contributed by atoms with van der Waals surface area (Å²) in [5, 5.41) is 14.3. The molecular formula is C24H25FN4O6. The number of hydrogen-bond acceptors (Lipinski definition) is 6. The minimum Gasteiger partial charge on any atom is -0.502 e. The Morgan fingerprint density at radius 2 is 1.89 bits per heavy atom. The second kappa shape index (κ2) is 10.00. The van der Waals surface area contributed by atoms with Gasteiger partial charge < -0.3 is 20.1 Å². The predicted molar refractivity (Wildman–Crippen MR) is 123 cm³/mol. The molecule has 3 heterocycles. The fourth-order valence-corrected chi connectivity index (χ4v) is 3.91. The number of fused-ring (bicyclic) bond motifs is 2. The molecule has 184 valence electrons. The zero-order valence-corrected chi connectivity index (χ0v) is 19.1. The third-order valence-corrected chi connectivity index (χ3v) is 5.79. The van der Waals surface area contributed by atoms with Crippen LogP contribution in [0, 0.1) is 5.82 Å². The summed E-state index contributed by atoms with van der Waals surface area (Å²) in [6, 6.07) is 3.91. The van der Waals surface area contributed by atoms with E-state index in [1.807, 2.05) is 12.2 Å². The Bertz CT molecular complexity index is 1270. The molecule has 1 aromatic heterocycles. The van der Waals surface area contributed by atoms with E-state index in [1.54, 1.807) is 0 Å². The van der Waals surface area contributed by atoms with Gasteiger partial charge in [0.15, 0.2) is 11.4 Å². The lowest BCUT2D eigenvalue weighted by Gasteiger charge is -2.36. The van der Waals surface area contributed by atoms with E-state index in [9.17, 15) is 28.7 Å². The number of ether oxygens (including phenoxy) is 1. The molecule has 0 atom stereocenters. The average Bonchev–Trinajstić information content (AvgIpc) is 2.83. The summed E-state index contributed by atoms with van der Waals surface area (Å²) < 4.78 is 20.5. The molecule has 0 spiro atoms. The van der Waals surface area contributed by atoms with Crippen LogP contribution in [0.2, 0.25) is 0 Å². The Hall–Kier alpha value is -4.15. The van der Waals surface area contributed by atoms with Gasteiger partial charge in [-0.25, -0.2) is 14.1 Å². The van der Waals surface area contributed by atoms with Gasteiger partial charge in [0, 0.05) is 37.8 Å². The zero-order chi connectivity index (χ0) is 25.1. The first-order valence-corrected chi connectivity index (χ1v) is 11.2. The number of rotatable bonds is 0. The molecule has 3 amide bonds. The number of aromatic hydroxyl groups is 1. The number of benzene rings is 1. The second-order valence-corrected chi connectivity index (χ2v) is 8.29. The molecule has 0 saturated carbocycles. The maximum atomic E-state index is 13.8. The molecule has 1 aromatic carbocycles. The highest BCUT2D eigenvalue weighted by Gasteiger charge is 2.35. The topological polar surface area (TPSA) is 121 Å². The maximum absolute atomic E-state index is 13.8. The van der Waals surface area contributed by atoms with Gasteiger partial charge in [-0.15, -0.1) is 0 Å². The van der Waals surface area contributed by atoms with Crippen LogP contribution in [-0.4, -0.2) is 52.7 Å². The average molecular weight is 484 g/mol. The normalized spacial score (nSPS) is 18.2. The summed E-state index contributed by atoms with van der Waals surface area (Å²) >= 11 is 0. The molecule has 35 heavy (non-hydrogen) atoms. The van der Waals surface area contributed by atoms with E-state index in [-0.39, 0.29) is 37.9 Å². The Labute approximate surface area is 200 Å². The Morgan fingerprint density at radius 3 is 2.69 bits per heavy atom. The monoisotopic (exact) mass is 484 g/mol. The van der Waals surface area contributed by atoms with E-state index in [4.69, 9.17) is 4.74 Å². The number of nitrogens with zero attached hydrogens (tertiary/aromatic N) is 3. The summed E-state index contributed by atoms with van der Waals surface area (Å²) in [4.78, 5) is 52.5. The quantitative estimate of drug-likeness (QED) is 0.549. The van der Waals surface area contributed by atoms with Crippen molar-refractivity contribution in [1.29, 1.82) is 0 Å². The van der Waals surface area contributed by atoms with Gasteiger partial charge in [0.05, 0.1) is 6.61 Å². The van der Waals surface area contributed by atoms with Gasteiger partial charge in [0.25, 0.3) is 11.8 Å². The lowest BCUT2D eigenvalue weighted by molar-refractivity contribution is -0.120. The number of halogens is 1. The molecule has 2 aliphatic rings. The minimum absolute atomic E-state index is 0.0868. The first-order valence-electron chi connectivity index (χ1n) is 11.2. The number of aromatic nitrogens is 1. The number of allylic oxidation sites excluding steroid dienone is 1. The SMILES string of the molecule is CN1CN2C(=O)CCC/C=C/CCOc3cc(F)ccc3CNC(=O)c3cn2c(c(O)c3=O)C1=O. The third kappa shape index (κ3) is 4.88. The summed E-state index contributed by atoms with van der Waals surface area (Å²) in [6.07, 6.45) is 6.77. The van der Waals surface area contributed by atoms with Crippen molar-refractivity contribution in [3.63, 3.8) is 0 Å². The fourth-order valence-electron chi connectivity index (χ4n) is 3.91. The second-order valence-electron chi connectivity index (χ2n) is 8.29. The van der Waals surface area contributed by atoms with Crippen LogP contribution >= 0.6 is 0 Å². The van der Waals surface area contributed by atoms with E-state index in [1.165, 1.54) is 35.2 Å². The van der Waals surface area contributed by atoms with E-state index in [0.717, 1.165) is 10.9 Å². The van der Waals surface area contributed by atoms with Crippen molar-refractivity contribution in [1.82, 2.24) is 14.9 Å². The van der Waals surface area contributed by atoms with Crippen LogP contribution in [0.3, 0.4) is 0 Å². The van der Waals surface area contributed by atoms with Crippen LogP contribution in [-0.2, 0) is 11.3 Å². The number of amides is 3. The molecule has 11 heteroatoms. The number of hydrogen-bond donors (Lipinski definition) is 2. The molecule has 2 bridgehead atoms. The molecule has 0 unspecified atom stereocenters. The highest BCUT2D eigenvalue weighted by atomic mass is 19.1. The van der Waals surface area contributed by atoms with Crippen molar-refractivity contribution in [3.8, 4) is 11.5 Å². The minimum atomic E-state index is -1.04. The molecular weight excluding hydrogens is 459 g/mol. The zero-order valence-electron chi connectivity index (χ0n) is 19.1. The Balaban J connectivity index is 1.75. The lowest BCUT2D eigenvalue weighted by Crippen LogP contribution is -2.55. The van der Waals surface area contributed by atoms with Crippen LogP contribution < -0.4 is 20.5 Å². The number of nitrogens with one attached hydrogen (secondary N) is 1. The highest BCUT2D eigenvalue weighted by molar-refractivity contribution is 6.01. The molecule has 2 aliphatic heterocycles. The first kappa shape index (κ1) is 24.0. The molecule has 4 rings (SSSR count). The van der Waals surface area contributed by atoms with Crippen molar-refractivity contribution < 1.29 is 28.6 Å². The number of carbonyl (C=O) groups is 3. The summed E-state index contributed by atoms with van der Waals surface area (Å²) in [5.41, 5.74) is -1.40. The summed E-state index contributed by atoms with van der Waals surface area (Å²) in [6.45, 7) is 0.0880. The molecule has 0 saturated heterocycles. The third-order valence-electron chi connectivity index (χ3n) is 5.79. The maximum Gasteiger partial charge on any atom is 0.277 e. The van der Waals surface area contributed by atoms with Gasteiger partial charge in [-0.05, 0) is 25.3 Å². The van der Waals surface area contributed by atoms with Gasteiger partial charge in [0.1, 0.15) is 23.8 Å². The lowest BCUT2D eigenvalue weighted by atomic mass is 10.1. The van der Waals surface area contributed by atoms with Crippen LogP contribution in [0.25, 0.3) is 0 Å². The van der Waals surface area contributed by atoms with Crippen molar-refractivity contribution in [2.45, 2.75) is 32.2 Å². The van der Waals surface area contributed by atoms with Crippen molar-refractivity contribution in [2.24, 2.45) is 0 Å². The fraction of sp³-hybridized carbons (Fsp3) is 0.333.